The van der Waals surface area contributed by atoms with Gasteiger partial charge in [0.15, 0.2) is 0 Å². The zero-order valence-corrected chi connectivity index (χ0v) is 13.9. The number of aliphatic hydroxyl groups is 1. The fraction of sp³-hybridized carbons (Fsp3) is 0.647. The van der Waals surface area contributed by atoms with E-state index in [-0.39, 0.29) is 17.4 Å². The highest BCUT2D eigenvalue weighted by atomic mass is 19.4. The highest BCUT2D eigenvalue weighted by Gasteiger charge is 2.54. The van der Waals surface area contributed by atoms with E-state index in [1.165, 1.54) is 6.20 Å². The van der Waals surface area contributed by atoms with E-state index in [4.69, 9.17) is 6.57 Å². The Bertz CT molecular complexity index is 754. The molecule has 1 aromatic rings. The van der Waals surface area contributed by atoms with E-state index >= 15 is 0 Å². The first kappa shape index (κ1) is 16.9. The van der Waals surface area contributed by atoms with Crippen LogP contribution in [0.3, 0.4) is 0 Å². The molecule has 2 aliphatic rings. The number of aliphatic hydroxyl groups excluding tert-OH is 1. The molecule has 2 atom stereocenters. The summed E-state index contributed by atoms with van der Waals surface area (Å²) >= 11 is 0. The van der Waals surface area contributed by atoms with Gasteiger partial charge in [-0.3, -0.25) is 4.68 Å². The van der Waals surface area contributed by atoms with Gasteiger partial charge in [0.1, 0.15) is 12.3 Å². The molecule has 1 aromatic heterocycles. The standard InChI is InChI=1S/C17H20F3N3O/c1-15(2)12-6-5-10-8-23(9-17(18,19)20)22-13(10)16(12,3)7-11(21-4)14(15)24/h8,12,24H,5-7,9H2,1-3H3/t12-,16-/m0/s1. The number of hydrogen-bond donors (Lipinski definition) is 1. The van der Waals surface area contributed by atoms with Crippen LogP contribution in [0.5, 0.6) is 0 Å². The maximum absolute atomic E-state index is 12.7. The fourth-order valence-electron chi connectivity index (χ4n) is 4.60. The van der Waals surface area contributed by atoms with Gasteiger partial charge in [-0.25, -0.2) is 4.85 Å². The van der Waals surface area contributed by atoms with Crippen molar-refractivity contribution in [2.24, 2.45) is 11.3 Å². The average molecular weight is 339 g/mol. The lowest BCUT2D eigenvalue weighted by molar-refractivity contribution is -0.142. The zero-order chi connectivity index (χ0) is 17.9. The first-order chi connectivity index (χ1) is 11.0. The van der Waals surface area contributed by atoms with Gasteiger partial charge in [-0.05, 0) is 30.7 Å². The number of hydrogen-bond acceptors (Lipinski definition) is 2. The number of nitrogens with zero attached hydrogens (tertiary/aromatic N) is 3. The quantitative estimate of drug-likeness (QED) is 0.771. The van der Waals surface area contributed by atoms with Crippen molar-refractivity contribution in [3.63, 3.8) is 0 Å². The molecular weight excluding hydrogens is 319 g/mol. The topological polar surface area (TPSA) is 42.4 Å². The van der Waals surface area contributed by atoms with Crippen LogP contribution in [0.2, 0.25) is 0 Å². The van der Waals surface area contributed by atoms with Gasteiger partial charge in [0.05, 0.1) is 12.3 Å². The Kier molecular flexibility index (Phi) is 3.52. The normalized spacial score (nSPS) is 29.0. The van der Waals surface area contributed by atoms with Gasteiger partial charge in [0.25, 0.3) is 0 Å². The van der Waals surface area contributed by atoms with Crippen LogP contribution in [-0.2, 0) is 18.4 Å². The summed E-state index contributed by atoms with van der Waals surface area (Å²) in [5, 5.41) is 14.7. The summed E-state index contributed by atoms with van der Waals surface area (Å²) in [6.07, 6.45) is -1.14. The Morgan fingerprint density at radius 1 is 1.42 bits per heavy atom. The molecule has 2 aliphatic carbocycles. The van der Waals surface area contributed by atoms with E-state index in [0.29, 0.717) is 18.5 Å². The Morgan fingerprint density at radius 2 is 2.08 bits per heavy atom. The van der Waals surface area contributed by atoms with Crippen LogP contribution in [0.15, 0.2) is 17.7 Å². The van der Waals surface area contributed by atoms with Crippen molar-refractivity contribution in [2.45, 2.75) is 58.2 Å². The van der Waals surface area contributed by atoms with Gasteiger partial charge < -0.3 is 5.11 Å². The Hall–Kier alpha value is -1.97. The lowest BCUT2D eigenvalue weighted by Gasteiger charge is -2.51. The van der Waals surface area contributed by atoms with Crippen molar-refractivity contribution < 1.29 is 18.3 Å². The van der Waals surface area contributed by atoms with Crippen LogP contribution in [0.25, 0.3) is 4.85 Å². The third-order valence-electron chi connectivity index (χ3n) is 5.62. The van der Waals surface area contributed by atoms with Gasteiger partial charge >= 0.3 is 6.18 Å². The lowest BCUT2D eigenvalue weighted by Crippen LogP contribution is -2.49. The lowest BCUT2D eigenvalue weighted by atomic mass is 9.53. The largest absolute Gasteiger partial charge is 0.523 e. The molecule has 0 saturated carbocycles. The summed E-state index contributed by atoms with van der Waals surface area (Å²) in [5.41, 5.74) is 0.611. The third kappa shape index (κ3) is 2.40. The van der Waals surface area contributed by atoms with Gasteiger partial charge in [-0.1, -0.05) is 20.8 Å². The summed E-state index contributed by atoms with van der Waals surface area (Å²) in [6, 6.07) is 0. The third-order valence-corrected chi connectivity index (χ3v) is 5.62. The monoisotopic (exact) mass is 339 g/mol. The van der Waals surface area contributed by atoms with Gasteiger partial charge in [0, 0.05) is 17.0 Å². The van der Waals surface area contributed by atoms with Crippen molar-refractivity contribution in [3.05, 3.63) is 40.3 Å². The molecule has 0 spiro atoms. The van der Waals surface area contributed by atoms with Crippen molar-refractivity contribution >= 4 is 0 Å². The molecule has 0 bridgehead atoms. The first-order valence-corrected chi connectivity index (χ1v) is 7.92. The molecule has 1 N–H and O–H groups in total. The second kappa shape index (κ2) is 5.01. The minimum Gasteiger partial charge on any atom is -0.523 e. The summed E-state index contributed by atoms with van der Waals surface area (Å²) in [6.45, 7) is 12.0. The SMILES string of the molecule is [C-]#[N+]C1=C(O)C(C)(C)[C@@H]2CCc3cn(CC(F)(F)F)nc3[C@@]2(C)C1. The Morgan fingerprint density at radius 3 is 2.67 bits per heavy atom. The second-order valence-electron chi connectivity index (χ2n) is 7.63. The van der Waals surface area contributed by atoms with Gasteiger partial charge in [-0.15, -0.1) is 0 Å². The summed E-state index contributed by atoms with van der Waals surface area (Å²) < 4.78 is 39.0. The molecule has 0 radical (unpaired) electrons. The first-order valence-electron chi connectivity index (χ1n) is 7.92. The van der Waals surface area contributed by atoms with Crippen molar-refractivity contribution in [1.29, 1.82) is 0 Å². The molecule has 0 aromatic carbocycles. The van der Waals surface area contributed by atoms with Crippen LogP contribution in [0, 0.1) is 17.9 Å². The minimum atomic E-state index is -4.32. The van der Waals surface area contributed by atoms with E-state index in [0.717, 1.165) is 16.7 Å². The average Bonchev–Trinajstić information content (AvgIpc) is 2.84. The predicted octanol–water partition coefficient (Wildman–Crippen LogP) is 4.38. The van der Waals surface area contributed by atoms with E-state index in [1.807, 2.05) is 20.8 Å². The maximum atomic E-state index is 12.7. The molecule has 130 valence electrons. The van der Waals surface area contributed by atoms with Crippen LogP contribution < -0.4 is 0 Å². The van der Waals surface area contributed by atoms with E-state index in [9.17, 15) is 18.3 Å². The van der Waals surface area contributed by atoms with E-state index in [1.54, 1.807) is 0 Å². The number of rotatable bonds is 1. The van der Waals surface area contributed by atoms with E-state index < -0.39 is 23.6 Å². The van der Waals surface area contributed by atoms with Gasteiger partial charge in [-0.2, -0.15) is 18.3 Å². The molecule has 7 heteroatoms. The summed E-state index contributed by atoms with van der Waals surface area (Å²) in [5.74, 6) is 0.135. The summed E-state index contributed by atoms with van der Waals surface area (Å²) in [4.78, 5) is 3.46. The second-order valence-corrected chi connectivity index (χ2v) is 7.63. The highest BCUT2D eigenvalue weighted by Crippen LogP contribution is 2.58. The van der Waals surface area contributed by atoms with E-state index in [2.05, 4.69) is 9.94 Å². The van der Waals surface area contributed by atoms with Crippen molar-refractivity contribution in [1.82, 2.24) is 9.78 Å². The molecule has 0 unspecified atom stereocenters. The fourth-order valence-corrected chi connectivity index (χ4v) is 4.60. The summed E-state index contributed by atoms with van der Waals surface area (Å²) in [7, 11) is 0. The van der Waals surface area contributed by atoms with Crippen LogP contribution in [0.4, 0.5) is 13.2 Å². The highest BCUT2D eigenvalue weighted by molar-refractivity contribution is 5.39. The number of aryl methyl sites for hydroxylation is 1. The molecular formula is C17H20F3N3O. The number of alkyl halides is 3. The smallest absolute Gasteiger partial charge is 0.408 e. The molecule has 1 heterocycles. The Balaban J connectivity index is 2.09. The van der Waals surface area contributed by atoms with Crippen molar-refractivity contribution in [3.8, 4) is 0 Å². The van der Waals surface area contributed by atoms with Crippen LogP contribution in [0.1, 0.15) is 44.9 Å². The minimum absolute atomic E-state index is 0.0252. The predicted molar refractivity (Wildman–Crippen MR) is 82.1 cm³/mol. The molecule has 3 rings (SSSR count). The number of halogens is 3. The number of allylic oxidation sites excluding steroid dienone is 2. The van der Waals surface area contributed by atoms with Gasteiger partial charge in [0.2, 0.25) is 5.70 Å². The molecule has 4 nitrogen and oxygen atoms in total. The zero-order valence-electron chi connectivity index (χ0n) is 13.9. The molecule has 0 aliphatic heterocycles. The maximum Gasteiger partial charge on any atom is 0.408 e. The molecule has 0 amide bonds. The van der Waals surface area contributed by atoms with Crippen molar-refractivity contribution in [2.75, 3.05) is 0 Å². The molecule has 24 heavy (non-hydrogen) atoms. The molecule has 0 saturated heterocycles. The number of fused-ring (bicyclic) bond motifs is 3. The Labute approximate surface area is 138 Å². The number of aromatic nitrogens is 2. The van der Waals surface area contributed by atoms with Crippen LogP contribution in [-0.4, -0.2) is 21.1 Å². The van der Waals surface area contributed by atoms with Crippen LogP contribution >= 0.6 is 0 Å². The molecule has 0 fully saturated rings.